The highest BCUT2D eigenvalue weighted by molar-refractivity contribution is 7.85. The van der Waals surface area contributed by atoms with Crippen LogP contribution < -0.4 is 0 Å². The second kappa shape index (κ2) is 7.93. The molecule has 1 aromatic rings. The summed E-state index contributed by atoms with van der Waals surface area (Å²) in [6.45, 7) is 0.406. The van der Waals surface area contributed by atoms with Gasteiger partial charge in [-0.3, -0.25) is 9.00 Å². The molecule has 19 heavy (non-hydrogen) atoms. The first kappa shape index (κ1) is 15.7. The highest BCUT2D eigenvalue weighted by Gasteiger charge is 2.11. The van der Waals surface area contributed by atoms with Gasteiger partial charge in [0.2, 0.25) is 5.91 Å². The van der Waals surface area contributed by atoms with Gasteiger partial charge in [0, 0.05) is 35.7 Å². The summed E-state index contributed by atoms with van der Waals surface area (Å²) in [6, 6.07) is 8.73. The number of nitriles is 1. The van der Waals surface area contributed by atoms with Crippen LogP contribution in [0.15, 0.2) is 29.2 Å². The van der Waals surface area contributed by atoms with Crippen molar-refractivity contribution in [2.45, 2.75) is 17.7 Å². The summed E-state index contributed by atoms with van der Waals surface area (Å²) in [5.74, 6) is 0.176. The van der Waals surface area contributed by atoms with E-state index in [4.69, 9.17) is 16.9 Å². The van der Waals surface area contributed by atoms with Crippen LogP contribution in [-0.2, 0) is 15.6 Å². The molecule has 0 aromatic heterocycles. The molecule has 0 N–H and O–H groups in total. The van der Waals surface area contributed by atoms with Gasteiger partial charge >= 0.3 is 0 Å². The molecule has 6 heteroatoms. The van der Waals surface area contributed by atoms with Gasteiger partial charge in [0.15, 0.2) is 0 Å². The van der Waals surface area contributed by atoms with E-state index in [0.29, 0.717) is 22.9 Å². The van der Waals surface area contributed by atoms with Crippen LogP contribution >= 0.6 is 11.6 Å². The Labute approximate surface area is 120 Å². The van der Waals surface area contributed by atoms with E-state index in [-0.39, 0.29) is 18.1 Å². The normalized spacial score (nSPS) is 11.6. The van der Waals surface area contributed by atoms with Crippen molar-refractivity contribution in [3.05, 3.63) is 29.3 Å². The van der Waals surface area contributed by atoms with E-state index in [1.54, 1.807) is 31.3 Å². The molecule has 0 aliphatic heterocycles. The van der Waals surface area contributed by atoms with Crippen LogP contribution in [0.25, 0.3) is 0 Å². The highest BCUT2D eigenvalue weighted by atomic mass is 35.5. The smallest absolute Gasteiger partial charge is 0.223 e. The minimum Gasteiger partial charge on any atom is -0.345 e. The molecule has 0 spiro atoms. The predicted molar refractivity (Wildman–Crippen MR) is 75.2 cm³/mol. The Hall–Kier alpha value is -1.38. The van der Waals surface area contributed by atoms with E-state index < -0.39 is 10.8 Å². The third-order valence-electron chi connectivity index (χ3n) is 2.56. The van der Waals surface area contributed by atoms with Crippen LogP contribution in [0.1, 0.15) is 12.8 Å². The lowest BCUT2D eigenvalue weighted by molar-refractivity contribution is -0.129. The van der Waals surface area contributed by atoms with E-state index in [1.807, 2.05) is 6.07 Å². The molecule has 1 aromatic carbocycles. The Balaban J connectivity index is 2.44. The summed E-state index contributed by atoms with van der Waals surface area (Å²) in [4.78, 5) is 13.9. The van der Waals surface area contributed by atoms with Crippen LogP contribution in [0.3, 0.4) is 0 Å². The predicted octanol–water partition coefficient (Wildman–Crippen LogP) is 2.21. The lowest BCUT2D eigenvalue weighted by atomic mass is 10.3. The molecule has 0 saturated heterocycles. The van der Waals surface area contributed by atoms with Gasteiger partial charge < -0.3 is 4.90 Å². The molecular weight excluding hydrogens is 284 g/mol. The second-order valence-corrected chi connectivity index (χ2v) is 5.98. The molecule has 0 saturated carbocycles. The molecule has 102 valence electrons. The lowest BCUT2D eigenvalue weighted by Crippen LogP contribution is -2.28. The molecule has 0 heterocycles. The van der Waals surface area contributed by atoms with Crippen LogP contribution in [0.4, 0.5) is 0 Å². The fourth-order valence-electron chi connectivity index (χ4n) is 1.42. The Bertz CT molecular complexity index is 496. The zero-order valence-electron chi connectivity index (χ0n) is 10.6. The summed E-state index contributed by atoms with van der Waals surface area (Å²) in [5, 5.41) is 9.03. The quantitative estimate of drug-likeness (QED) is 0.809. The summed E-state index contributed by atoms with van der Waals surface area (Å²) >= 11 is 5.75. The van der Waals surface area contributed by atoms with Crippen LogP contribution in [0, 0.1) is 11.3 Å². The maximum absolute atomic E-state index is 11.9. The summed E-state index contributed by atoms with van der Waals surface area (Å²) in [7, 11) is 0.438. The fourth-order valence-corrected chi connectivity index (χ4v) is 2.58. The molecule has 0 fully saturated rings. The number of carbonyl (C=O) groups excluding carboxylic acids is 1. The molecular formula is C13H15ClN2O2S. The monoisotopic (exact) mass is 298 g/mol. The van der Waals surface area contributed by atoms with Gasteiger partial charge in [-0.15, -0.1) is 0 Å². The van der Waals surface area contributed by atoms with E-state index in [0.717, 1.165) is 0 Å². The maximum Gasteiger partial charge on any atom is 0.223 e. The first-order chi connectivity index (χ1) is 9.04. The number of halogens is 1. The molecule has 1 atom stereocenters. The van der Waals surface area contributed by atoms with Gasteiger partial charge in [0.05, 0.1) is 23.3 Å². The van der Waals surface area contributed by atoms with Gasteiger partial charge in [0.1, 0.15) is 0 Å². The maximum atomic E-state index is 11.9. The molecule has 1 amide bonds. The van der Waals surface area contributed by atoms with Gasteiger partial charge in [-0.1, -0.05) is 11.6 Å². The average Bonchev–Trinajstić information content (AvgIpc) is 2.42. The average molecular weight is 299 g/mol. The lowest BCUT2D eigenvalue weighted by Gasteiger charge is -2.15. The zero-order valence-corrected chi connectivity index (χ0v) is 12.2. The largest absolute Gasteiger partial charge is 0.345 e. The van der Waals surface area contributed by atoms with Crippen molar-refractivity contribution >= 4 is 28.3 Å². The van der Waals surface area contributed by atoms with Crippen LogP contribution in [-0.4, -0.2) is 34.4 Å². The molecule has 0 aliphatic carbocycles. The van der Waals surface area contributed by atoms with Crippen molar-refractivity contribution in [1.29, 1.82) is 5.26 Å². The zero-order chi connectivity index (χ0) is 14.3. The number of amides is 1. The van der Waals surface area contributed by atoms with Crippen molar-refractivity contribution in [2.24, 2.45) is 0 Å². The number of carbonyl (C=O) groups is 1. The van der Waals surface area contributed by atoms with Crippen molar-refractivity contribution < 1.29 is 9.00 Å². The van der Waals surface area contributed by atoms with Gasteiger partial charge in [-0.05, 0) is 24.3 Å². The van der Waals surface area contributed by atoms with Gasteiger partial charge in [-0.25, -0.2) is 0 Å². The molecule has 0 bridgehead atoms. The molecule has 4 nitrogen and oxygen atoms in total. The van der Waals surface area contributed by atoms with E-state index in [9.17, 15) is 9.00 Å². The van der Waals surface area contributed by atoms with Crippen molar-refractivity contribution in [3.8, 4) is 6.07 Å². The highest BCUT2D eigenvalue weighted by Crippen LogP contribution is 2.13. The topological polar surface area (TPSA) is 61.2 Å². The standard InChI is InChI=1S/C13H15ClN2O2S/c1-16(9-2-8-15)13(17)7-10-19(18)12-5-3-11(14)4-6-12/h3-6H,2,7,9-10H2,1H3. The summed E-state index contributed by atoms with van der Waals surface area (Å²) < 4.78 is 11.9. The van der Waals surface area contributed by atoms with E-state index in [2.05, 4.69) is 0 Å². The van der Waals surface area contributed by atoms with Crippen molar-refractivity contribution in [3.63, 3.8) is 0 Å². The van der Waals surface area contributed by atoms with Gasteiger partial charge in [-0.2, -0.15) is 5.26 Å². The minimum atomic E-state index is -1.21. The van der Waals surface area contributed by atoms with E-state index >= 15 is 0 Å². The van der Waals surface area contributed by atoms with Crippen molar-refractivity contribution in [1.82, 2.24) is 4.90 Å². The Morgan fingerprint density at radius 2 is 2.05 bits per heavy atom. The number of hydrogen-bond acceptors (Lipinski definition) is 3. The Morgan fingerprint density at radius 3 is 2.63 bits per heavy atom. The van der Waals surface area contributed by atoms with Gasteiger partial charge in [0.25, 0.3) is 0 Å². The Morgan fingerprint density at radius 1 is 1.42 bits per heavy atom. The molecule has 0 aliphatic rings. The third-order valence-corrected chi connectivity index (χ3v) is 4.19. The van der Waals surface area contributed by atoms with Crippen LogP contribution in [0.2, 0.25) is 5.02 Å². The van der Waals surface area contributed by atoms with Crippen LogP contribution in [0.5, 0.6) is 0 Å². The molecule has 0 radical (unpaired) electrons. The molecule has 1 unspecified atom stereocenters. The second-order valence-electron chi connectivity index (χ2n) is 3.98. The first-order valence-corrected chi connectivity index (χ1v) is 7.49. The number of nitrogens with zero attached hydrogens (tertiary/aromatic N) is 2. The summed E-state index contributed by atoms with van der Waals surface area (Å²) in [6.07, 6.45) is 0.514. The minimum absolute atomic E-state index is 0.0995. The summed E-state index contributed by atoms with van der Waals surface area (Å²) in [5.41, 5.74) is 0. The number of benzene rings is 1. The number of rotatable bonds is 6. The Kier molecular flexibility index (Phi) is 6.54. The fraction of sp³-hybridized carbons (Fsp3) is 0.385. The molecule has 1 rings (SSSR count). The first-order valence-electron chi connectivity index (χ1n) is 5.79. The van der Waals surface area contributed by atoms with Crippen molar-refractivity contribution in [2.75, 3.05) is 19.3 Å². The number of hydrogen-bond donors (Lipinski definition) is 0. The SMILES string of the molecule is CN(CCC#N)C(=O)CCS(=O)c1ccc(Cl)cc1. The van der Waals surface area contributed by atoms with E-state index in [1.165, 1.54) is 4.90 Å². The third kappa shape index (κ3) is 5.41.